The normalized spacial score (nSPS) is 23.0. The molecular formula is C14H27N3O4. The van der Waals surface area contributed by atoms with Crippen molar-refractivity contribution >= 4 is 11.9 Å². The number of aliphatic hydroxyl groups excluding tert-OH is 1. The number of carbonyl (C=O) groups is 2. The van der Waals surface area contributed by atoms with Crippen molar-refractivity contribution in [1.29, 1.82) is 0 Å². The number of hydrogen-bond donors (Lipinski definition) is 3. The first-order valence-corrected chi connectivity index (χ1v) is 7.28. The molecule has 0 radical (unpaired) electrons. The first-order chi connectivity index (χ1) is 9.64. The number of primary amides is 1. The molecule has 3 amide bonds. The molecule has 2 atom stereocenters. The average Bonchev–Trinajstić information content (AvgIpc) is 2.33. The van der Waals surface area contributed by atoms with E-state index in [2.05, 4.69) is 5.32 Å². The lowest BCUT2D eigenvalue weighted by atomic mass is 10.00. The summed E-state index contributed by atoms with van der Waals surface area (Å²) in [5.41, 5.74) is 4.63. The molecule has 2 unspecified atom stereocenters. The molecule has 1 fully saturated rings. The number of hydrogen-bond acceptors (Lipinski definition) is 4. The lowest BCUT2D eigenvalue weighted by molar-refractivity contribution is -0.168. The van der Waals surface area contributed by atoms with Crippen LogP contribution in [0.5, 0.6) is 0 Å². The summed E-state index contributed by atoms with van der Waals surface area (Å²) >= 11 is 0. The van der Waals surface area contributed by atoms with Gasteiger partial charge in [0.1, 0.15) is 6.04 Å². The molecule has 1 aliphatic heterocycles. The monoisotopic (exact) mass is 301 g/mol. The zero-order valence-corrected chi connectivity index (χ0v) is 13.3. The standard InChI is InChI=1S/C14H27N3O4/c1-9(2)5-11(16-13(15)20)12(19)17-6-10(7-18)21-14(3,4)8-17/h9-11,18H,5-8H2,1-4H3,(H3,15,16,20). The Kier molecular flexibility index (Phi) is 5.98. The van der Waals surface area contributed by atoms with Gasteiger partial charge in [0, 0.05) is 13.1 Å². The first kappa shape index (κ1) is 17.7. The van der Waals surface area contributed by atoms with Gasteiger partial charge in [-0.2, -0.15) is 0 Å². The van der Waals surface area contributed by atoms with Crippen LogP contribution in [0, 0.1) is 5.92 Å². The SMILES string of the molecule is CC(C)CC(NC(N)=O)C(=O)N1CC(CO)OC(C)(C)C1. The van der Waals surface area contributed by atoms with Crippen molar-refractivity contribution in [3.05, 3.63) is 0 Å². The number of nitrogens with one attached hydrogen (secondary N) is 1. The molecule has 0 aromatic carbocycles. The Morgan fingerprint density at radius 2 is 2.10 bits per heavy atom. The molecule has 0 aliphatic carbocycles. The zero-order chi connectivity index (χ0) is 16.2. The molecule has 1 rings (SSSR count). The van der Waals surface area contributed by atoms with E-state index in [0.717, 1.165) is 0 Å². The maximum atomic E-state index is 12.6. The summed E-state index contributed by atoms with van der Waals surface area (Å²) in [5.74, 6) is 0.0609. The van der Waals surface area contributed by atoms with Gasteiger partial charge in [-0.3, -0.25) is 4.79 Å². The molecule has 7 heteroatoms. The van der Waals surface area contributed by atoms with E-state index in [4.69, 9.17) is 10.5 Å². The van der Waals surface area contributed by atoms with E-state index in [-0.39, 0.29) is 18.4 Å². The Bertz CT molecular complexity index is 384. The summed E-state index contributed by atoms with van der Waals surface area (Å²) < 4.78 is 5.69. The molecule has 0 aromatic rings. The molecule has 1 aliphatic rings. The molecule has 0 bridgehead atoms. The van der Waals surface area contributed by atoms with Crippen molar-refractivity contribution < 1.29 is 19.4 Å². The third-order valence-electron chi connectivity index (χ3n) is 3.32. The van der Waals surface area contributed by atoms with Gasteiger partial charge in [-0.05, 0) is 26.2 Å². The molecule has 0 spiro atoms. The van der Waals surface area contributed by atoms with Crippen LogP contribution in [0.15, 0.2) is 0 Å². The van der Waals surface area contributed by atoms with Crippen LogP contribution in [0.1, 0.15) is 34.1 Å². The highest BCUT2D eigenvalue weighted by molar-refractivity contribution is 5.86. The van der Waals surface area contributed by atoms with Crippen LogP contribution in [-0.4, -0.2) is 59.4 Å². The Morgan fingerprint density at radius 1 is 1.48 bits per heavy atom. The molecule has 0 aromatic heterocycles. The maximum absolute atomic E-state index is 12.6. The van der Waals surface area contributed by atoms with Crippen molar-refractivity contribution in [3.63, 3.8) is 0 Å². The van der Waals surface area contributed by atoms with Crippen molar-refractivity contribution in [2.45, 2.75) is 51.9 Å². The van der Waals surface area contributed by atoms with Crippen LogP contribution in [0.4, 0.5) is 4.79 Å². The largest absolute Gasteiger partial charge is 0.394 e. The fourth-order valence-corrected chi connectivity index (χ4v) is 2.64. The lowest BCUT2D eigenvalue weighted by Gasteiger charge is -2.43. The number of nitrogens with zero attached hydrogens (tertiary/aromatic N) is 1. The number of ether oxygens (including phenoxy) is 1. The molecule has 1 heterocycles. The second-order valence-electron chi connectivity index (χ2n) is 6.59. The molecule has 1 saturated heterocycles. The predicted molar refractivity (Wildman–Crippen MR) is 78.6 cm³/mol. The third kappa shape index (κ3) is 5.51. The van der Waals surface area contributed by atoms with Crippen molar-refractivity contribution in [2.75, 3.05) is 19.7 Å². The van der Waals surface area contributed by atoms with E-state index >= 15 is 0 Å². The lowest BCUT2D eigenvalue weighted by Crippen LogP contribution is -2.60. The number of urea groups is 1. The number of rotatable bonds is 5. The van der Waals surface area contributed by atoms with Gasteiger partial charge in [-0.1, -0.05) is 13.8 Å². The highest BCUT2D eigenvalue weighted by Crippen LogP contribution is 2.22. The van der Waals surface area contributed by atoms with Gasteiger partial charge in [-0.15, -0.1) is 0 Å². The van der Waals surface area contributed by atoms with Crippen LogP contribution in [-0.2, 0) is 9.53 Å². The Hall–Kier alpha value is -1.34. The van der Waals surface area contributed by atoms with Gasteiger partial charge < -0.3 is 25.8 Å². The number of amides is 3. The van der Waals surface area contributed by atoms with E-state index in [1.165, 1.54) is 0 Å². The topological polar surface area (TPSA) is 105 Å². The maximum Gasteiger partial charge on any atom is 0.312 e. The van der Waals surface area contributed by atoms with Crippen molar-refractivity contribution in [2.24, 2.45) is 11.7 Å². The van der Waals surface area contributed by atoms with E-state index < -0.39 is 23.8 Å². The fourth-order valence-electron chi connectivity index (χ4n) is 2.64. The Morgan fingerprint density at radius 3 is 2.57 bits per heavy atom. The fraction of sp³-hybridized carbons (Fsp3) is 0.857. The van der Waals surface area contributed by atoms with Crippen molar-refractivity contribution in [1.82, 2.24) is 10.2 Å². The minimum Gasteiger partial charge on any atom is -0.394 e. The summed E-state index contributed by atoms with van der Waals surface area (Å²) in [7, 11) is 0. The van der Waals surface area contributed by atoms with Gasteiger partial charge in [0.15, 0.2) is 0 Å². The van der Waals surface area contributed by atoms with Crippen LogP contribution in [0.3, 0.4) is 0 Å². The minimum absolute atomic E-state index is 0.148. The molecule has 122 valence electrons. The summed E-state index contributed by atoms with van der Waals surface area (Å²) in [6.45, 7) is 8.27. The van der Waals surface area contributed by atoms with E-state index in [1.54, 1.807) is 4.90 Å². The number of morpholine rings is 1. The van der Waals surface area contributed by atoms with E-state index in [9.17, 15) is 14.7 Å². The van der Waals surface area contributed by atoms with E-state index in [1.807, 2.05) is 27.7 Å². The summed E-state index contributed by atoms with van der Waals surface area (Å²) in [5, 5.41) is 11.8. The Labute approximate surface area is 125 Å². The van der Waals surface area contributed by atoms with Gasteiger partial charge in [0.2, 0.25) is 5.91 Å². The van der Waals surface area contributed by atoms with Crippen LogP contribution >= 0.6 is 0 Å². The Balaban J connectivity index is 2.83. The third-order valence-corrected chi connectivity index (χ3v) is 3.32. The second kappa shape index (κ2) is 7.09. The average molecular weight is 301 g/mol. The van der Waals surface area contributed by atoms with Gasteiger partial charge in [-0.25, -0.2) is 4.79 Å². The molecule has 21 heavy (non-hydrogen) atoms. The van der Waals surface area contributed by atoms with Crippen LogP contribution in [0.2, 0.25) is 0 Å². The summed E-state index contributed by atoms with van der Waals surface area (Å²) in [4.78, 5) is 25.4. The second-order valence-corrected chi connectivity index (χ2v) is 6.59. The molecule has 7 nitrogen and oxygen atoms in total. The van der Waals surface area contributed by atoms with E-state index in [0.29, 0.717) is 19.5 Å². The van der Waals surface area contributed by atoms with Gasteiger partial charge in [0.05, 0.1) is 18.3 Å². The number of nitrogens with two attached hydrogens (primary N) is 1. The summed E-state index contributed by atoms with van der Waals surface area (Å²) in [6, 6.07) is -1.35. The quantitative estimate of drug-likeness (QED) is 0.668. The predicted octanol–water partition coefficient (Wildman–Crippen LogP) is 0.0677. The molecule has 0 saturated carbocycles. The summed E-state index contributed by atoms with van der Waals surface area (Å²) in [6.07, 6.45) is 0.106. The number of carbonyl (C=O) groups excluding carboxylic acids is 2. The smallest absolute Gasteiger partial charge is 0.312 e. The van der Waals surface area contributed by atoms with Crippen LogP contribution < -0.4 is 11.1 Å². The van der Waals surface area contributed by atoms with Crippen LogP contribution in [0.25, 0.3) is 0 Å². The van der Waals surface area contributed by atoms with Crippen molar-refractivity contribution in [3.8, 4) is 0 Å². The highest BCUT2D eigenvalue weighted by Gasteiger charge is 2.37. The molecular weight excluding hydrogens is 274 g/mol. The number of aliphatic hydroxyl groups is 1. The van der Waals surface area contributed by atoms with Gasteiger partial charge >= 0.3 is 6.03 Å². The highest BCUT2D eigenvalue weighted by atomic mass is 16.5. The molecule has 4 N–H and O–H groups in total. The first-order valence-electron chi connectivity index (χ1n) is 7.28. The minimum atomic E-state index is -0.708. The zero-order valence-electron chi connectivity index (χ0n) is 13.3. The van der Waals surface area contributed by atoms with Gasteiger partial charge in [0.25, 0.3) is 0 Å².